The first-order chi connectivity index (χ1) is 14.6. The van der Waals surface area contributed by atoms with Crippen LogP contribution in [0.4, 0.5) is 0 Å². The van der Waals surface area contributed by atoms with E-state index in [-0.39, 0.29) is 30.8 Å². The van der Waals surface area contributed by atoms with Crippen LogP contribution in [0.1, 0.15) is 31.2 Å². The second-order valence-corrected chi connectivity index (χ2v) is 8.76. The fourth-order valence-electron chi connectivity index (χ4n) is 4.14. The number of ether oxygens (including phenoxy) is 2. The number of nitrogens with one attached hydrogen (secondary N) is 1. The van der Waals surface area contributed by atoms with Crippen molar-refractivity contribution in [2.24, 2.45) is 0 Å². The normalized spacial score (nSPS) is 22.9. The molecule has 1 aliphatic heterocycles. The Morgan fingerprint density at radius 2 is 1.97 bits per heavy atom. The molecule has 0 spiro atoms. The van der Waals surface area contributed by atoms with Crippen LogP contribution in [0, 0.1) is 0 Å². The second kappa shape index (κ2) is 7.85. The number of halogens is 1. The van der Waals surface area contributed by atoms with Gasteiger partial charge in [-0.15, -0.1) is 0 Å². The average molecular weight is 429 g/mol. The molecule has 2 aromatic heterocycles. The van der Waals surface area contributed by atoms with Gasteiger partial charge in [0.1, 0.15) is 6.10 Å². The summed E-state index contributed by atoms with van der Waals surface area (Å²) in [6.45, 7) is 0.699. The predicted molar refractivity (Wildman–Crippen MR) is 115 cm³/mol. The molecule has 3 aromatic rings. The summed E-state index contributed by atoms with van der Waals surface area (Å²) in [5, 5.41) is 19.4. The highest BCUT2D eigenvalue weighted by Crippen LogP contribution is 2.48. The van der Waals surface area contributed by atoms with Gasteiger partial charge in [0.05, 0.1) is 47.7 Å². The number of H-pyrrole nitrogens is 1. The van der Waals surface area contributed by atoms with Gasteiger partial charge >= 0.3 is 0 Å². The van der Waals surface area contributed by atoms with Crippen LogP contribution in [0.3, 0.4) is 0 Å². The molecule has 1 saturated carbocycles. The van der Waals surface area contributed by atoms with Gasteiger partial charge in [0.2, 0.25) is 0 Å². The van der Waals surface area contributed by atoms with Crippen LogP contribution < -0.4 is 4.74 Å². The average Bonchev–Trinajstić information content (AvgIpc) is 3.48. The summed E-state index contributed by atoms with van der Waals surface area (Å²) in [4.78, 5) is 7.99. The van der Waals surface area contributed by atoms with Gasteiger partial charge < -0.3 is 24.7 Å². The van der Waals surface area contributed by atoms with E-state index in [1.54, 1.807) is 0 Å². The minimum atomic E-state index is -0.0887. The number of fused-ring (bicyclic) bond motifs is 1. The summed E-state index contributed by atoms with van der Waals surface area (Å²) in [5.41, 5.74) is 4.39. The van der Waals surface area contributed by atoms with Crippen LogP contribution in [-0.4, -0.2) is 52.2 Å². The summed E-state index contributed by atoms with van der Waals surface area (Å²) >= 11 is 6.53. The van der Waals surface area contributed by atoms with Gasteiger partial charge in [0, 0.05) is 17.0 Å². The van der Waals surface area contributed by atoms with Crippen molar-refractivity contribution >= 4 is 22.6 Å². The molecule has 1 aromatic carbocycles. The minimum absolute atomic E-state index is 0.0479. The number of rotatable bonds is 6. The van der Waals surface area contributed by atoms with Crippen LogP contribution >= 0.6 is 11.6 Å². The molecule has 5 rings (SSSR count). The Labute approximate surface area is 179 Å². The van der Waals surface area contributed by atoms with E-state index in [0.29, 0.717) is 17.5 Å². The summed E-state index contributed by atoms with van der Waals surface area (Å²) in [5.74, 6) is 0.635. The summed E-state index contributed by atoms with van der Waals surface area (Å²) in [6.07, 6.45) is 3.54. The number of aromatic nitrogens is 2. The lowest BCUT2D eigenvalue weighted by atomic mass is 9.95. The lowest BCUT2D eigenvalue weighted by Crippen LogP contribution is -2.35. The van der Waals surface area contributed by atoms with Crippen molar-refractivity contribution in [1.29, 1.82) is 0 Å². The zero-order chi connectivity index (χ0) is 20.7. The SMILES string of the molecule is OC[C@@H]1CC[C@@H](Oc2cc3nc(-c4ccc(C5(CO)CC5)cc4)c(Cl)cc3[nH]2)CO1. The van der Waals surface area contributed by atoms with Crippen LogP contribution in [0.15, 0.2) is 36.4 Å². The molecule has 7 heteroatoms. The fourth-order valence-corrected chi connectivity index (χ4v) is 4.40. The molecular formula is C23H25ClN2O4. The van der Waals surface area contributed by atoms with Crippen molar-refractivity contribution in [3.05, 3.63) is 47.0 Å². The molecule has 3 N–H and O–H groups in total. The molecular weight excluding hydrogens is 404 g/mol. The number of aromatic amines is 1. The van der Waals surface area contributed by atoms with Gasteiger partial charge in [0.15, 0.2) is 5.88 Å². The Morgan fingerprint density at radius 3 is 2.60 bits per heavy atom. The van der Waals surface area contributed by atoms with E-state index in [2.05, 4.69) is 17.1 Å². The van der Waals surface area contributed by atoms with Crippen molar-refractivity contribution in [1.82, 2.24) is 9.97 Å². The molecule has 2 fully saturated rings. The lowest BCUT2D eigenvalue weighted by molar-refractivity contribution is -0.0663. The highest BCUT2D eigenvalue weighted by molar-refractivity contribution is 6.33. The highest BCUT2D eigenvalue weighted by Gasteiger charge is 2.43. The number of aliphatic hydroxyl groups is 2. The van der Waals surface area contributed by atoms with Gasteiger partial charge in [-0.3, -0.25) is 0 Å². The third-order valence-electron chi connectivity index (χ3n) is 6.28. The summed E-state index contributed by atoms with van der Waals surface area (Å²) in [7, 11) is 0. The fraction of sp³-hybridized carbons (Fsp3) is 0.435. The number of hydrogen-bond donors (Lipinski definition) is 3. The minimum Gasteiger partial charge on any atom is -0.473 e. The largest absolute Gasteiger partial charge is 0.473 e. The zero-order valence-corrected chi connectivity index (χ0v) is 17.4. The Hall–Kier alpha value is -2.12. The molecule has 3 heterocycles. The Kier molecular flexibility index (Phi) is 5.19. The first-order valence-corrected chi connectivity index (χ1v) is 10.8. The maximum atomic E-state index is 9.64. The third kappa shape index (κ3) is 3.69. The van der Waals surface area contributed by atoms with Crippen LogP contribution in [0.25, 0.3) is 22.3 Å². The number of aliphatic hydroxyl groups excluding tert-OH is 2. The number of benzene rings is 1. The van der Waals surface area contributed by atoms with E-state index in [1.165, 1.54) is 5.56 Å². The quantitative estimate of drug-likeness (QED) is 0.555. The monoisotopic (exact) mass is 428 g/mol. The molecule has 1 aliphatic carbocycles. The molecule has 30 heavy (non-hydrogen) atoms. The molecule has 0 amide bonds. The van der Waals surface area contributed by atoms with E-state index in [1.807, 2.05) is 24.3 Å². The van der Waals surface area contributed by atoms with Crippen molar-refractivity contribution in [2.75, 3.05) is 19.8 Å². The third-order valence-corrected chi connectivity index (χ3v) is 6.57. The Balaban J connectivity index is 1.36. The van der Waals surface area contributed by atoms with Crippen LogP contribution in [0.2, 0.25) is 5.02 Å². The van der Waals surface area contributed by atoms with E-state index in [0.717, 1.165) is 48.0 Å². The maximum absolute atomic E-state index is 9.64. The molecule has 1 saturated heterocycles. The molecule has 158 valence electrons. The Bertz CT molecular complexity index is 1040. The summed E-state index contributed by atoms with van der Waals surface area (Å²) < 4.78 is 11.6. The van der Waals surface area contributed by atoms with E-state index in [4.69, 9.17) is 26.1 Å². The molecule has 0 radical (unpaired) electrons. The van der Waals surface area contributed by atoms with E-state index < -0.39 is 0 Å². The van der Waals surface area contributed by atoms with Crippen molar-refractivity contribution in [3.8, 4) is 17.1 Å². The summed E-state index contributed by atoms with van der Waals surface area (Å²) in [6, 6.07) is 11.9. The van der Waals surface area contributed by atoms with E-state index in [9.17, 15) is 10.2 Å². The van der Waals surface area contributed by atoms with Gasteiger partial charge in [0.25, 0.3) is 0 Å². The predicted octanol–water partition coefficient (Wildman–Crippen LogP) is 3.83. The number of nitrogens with zero attached hydrogens (tertiary/aromatic N) is 1. The van der Waals surface area contributed by atoms with Gasteiger partial charge in [-0.05, 0) is 37.3 Å². The van der Waals surface area contributed by atoms with Crippen LogP contribution in [-0.2, 0) is 10.2 Å². The molecule has 6 nitrogen and oxygen atoms in total. The first-order valence-electron chi connectivity index (χ1n) is 10.4. The standard InChI is InChI=1S/C23H25ClN2O4/c24-18-9-19-20(10-21(25-19)30-17-6-5-16(11-27)29-12-17)26-22(18)14-1-3-15(4-2-14)23(13-28)7-8-23/h1-4,9-10,16-17,25,27-28H,5-8,11-13H2/t16-,17+/m0/s1. The molecule has 0 unspecified atom stereocenters. The zero-order valence-electron chi connectivity index (χ0n) is 16.6. The van der Waals surface area contributed by atoms with Crippen molar-refractivity contribution in [2.45, 2.75) is 43.3 Å². The van der Waals surface area contributed by atoms with Crippen molar-refractivity contribution < 1.29 is 19.7 Å². The maximum Gasteiger partial charge on any atom is 0.193 e. The van der Waals surface area contributed by atoms with Gasteiger partial charge in [-0.2, -0.15) is 0 Å². The van der Waals surface area contributed by atoms with Crippen LogP contribution in [0.5, 0.6) is 5.88 Å². The first kappa shape index (κ1) is 19.8. The molecule has 0 bridgehead atoms. The number of hydrogen-bond acceptors (Lipinski definition) is 5. The topological polar surface area (TPSA) is 87.6 Å². The number of pyridine rings is 1. The Morgan fingerprint density at radius 1 is 1.17 bits per heavy atom. The molecule has 2 aliphatic rings. The van der Waals surface area contributed by atoms with E-state index >= 15 is 0 Å². The lowest BCUT2D eigenvalue weighted by Gasteiger charge is -2.27. The highest BCUT2D eigenvalue weighted by atomic mass is 35.5. The second-order valence-electron chi connectivity index (χ2n) is 8.36. The molecule has 2 atom stereocenters. The van der Waals surface area contributed by atoms with Gasteiger partial charge in [-0.1, -0.05) is 35.9 Å². The van der Waals surface area contributed by atoms with Crippen molar-refractivity contribution in [3.63, 3.8) is 0 Å². The smallest absolute Gasteiger partial charge is 0.193 e. The van der Waals surface area contributed by atoms with Gasteiger partial charge in [-0.25, -0.2) is 4.98 Å².